The lowest BCUT2D eigenvalue weighted by atomic mass is 10.2. The second-order valence-corrected chi connectivity index (χ2v) is 5.93. The highest BCUT2D eigenvalue weighted by molar-refractivity contribution is 14.0. The lowest BCUT2D eigenvalue weighted by molar-refractivity contribution is 0.414. The number of ether oxygens (including phenoxy) is 1. The molecule has 26 heavy (non-hydrogen) atoms. The van der Waals surface area contributed by atoms with Gasteiger partial charge in [0.1, 0.15) is 5.75 Å². The molecule has 2 N–H and O–H groups in total. The van der Waals surface area contributed by atoms with E-state index in [1.54, 1.807) is 7.11 Å². The molecule has 1 aliphatic carbocycles. The van der Waals surface area contributed by atoms with Crippen LogP contribution in [-0.2, 0) is 6.54 Å². The molecule has 1 aromatic heterocycles. The summed E-state index contributed by atoms with van der Waals surface area (Å²) in [6.07, 6.45) is 8.47. The third kappa shape index (κ3) is 5.48. The molecule has 0 atom stereocenters. The van der Waals surface area contributed by atoms with Crippen molar-refractivity contribution < 1.29 is 4.74 Å². The van der Waals surface area contributed by atoms with Crippen LogP contribution in [0, 0.1) is 0 Å². The molecular weight excluding hydrogens is 441 g/mol. The van der Waals surface area contributed by atoms with Crippen molar-refractivity contribution in [3.63, 3.8) is 0 Å². The Morgan fingerprint density at radius 1 is 1.23 bits per heavy atom. The summed E-state index contributed by atoms with van der Waals surface area (Å²) in [4.78, 5) is 4.65. The standard InChI is InChI=1S/C19H25N5O.HI/c1-3-20-19(22-15-6-4-5-7-15)21-14-16-12-13-24(23-16)17-8-10-18(25-2)11-9-17;/h4-5,8-13,15H,3,6-7,14H2,1-2H3,(H2,20,21,22);1H. The van der Waals surface area contributed by atoms with Gasteiger partial charge in [-0.15, -0.1) is 24.0 Å². The number of guanidine groups is 1. The minimum atomic E-state index is 0. The first-order valence-corrected chi connectivity index (χ1v) is 8.67. The van der Waals surface area contributed by atoms with E-state index in [2.05, 4.69) is 39.8 Å². The zero-order chi connectivity index (χ0) is 17.5. The molecule has 0 spiro atoms. The quantitative estimate of drug-likeness (QED) is 0.296. The maximum absolute atomic E-state index is 5.19. The Hall–Kier alpha value is -2.03. The van der Waals surface area contributed by atoms with Gasteiger partial charge in [0.25, 0.3) is 0 Å². The summed E-state index contributed by atoms with van der Waals surface area (Å²) in [6.45, 7) is 3.45. The van der Waals surface area contributed by atoms with Crippen molar-refractivity contribution in [2.45, 2.75) is 32.4 Å². The molecule has 2 aromatic rings. The largest absolute Gasteiger partial charge is 0.497 e. The monoisotopic (exact) mass is 467 g/mol. The Morgan fingerprint density at radius 2 is 1.96 bits per heavy atom. The summed E-state index contributed by atoms with van der Waals surface area (Å²) >= 11 is 0. The van der Waals surface area contributed by atoms with Crippen LogP contribution in [0.2, 0.25) is 0 Å². The van der Waals surface area contributed by atoms with Gasteiger partial charge in [-0.2, -0.15) is 5.10 Å². The van der Waals surface area contributed by atoms with Gasteiger partial charge >= 0.3 is 0 Å². The molecule has 0 bridgehead atoms. The molecule has 0 fully saturated rings. The minimum absolute atomic E-state index is 0. The van der Waals surface area contributed by atoms with Crippen molar-refractivity contribution in [1.29, 1.82) is 0 Å². The first-order chi connectivity index (χ1) is 12.3. The Bertz CT molecular complexity index is 731. The number of rotatable bonds is 6. The number of methoxy groups -OCH3 is 1. The molecule has 1 aromatic carbocycles. The molecule has 7 heteroatoms. The minimum Gasteiger partial charge on any atom is -0.497 e. The topological polar surface area (TPSA) is 63.5 Å². The normalized spacial score (nSPS) is 14.2. The molecular formula is C19H26IN5O. The van der Waals surface area contributed by atoms with Crippen molar-refractivity contribution in [3.05, 3.63) is 54.4 Å². The molecule has 6 nitrogen and oxygen atoms in total. The van der Waals surface area contributed by atoms with E-state index >= 15 is 0 Å². The molecule has 0 saturated carbocycles. The van der Waals surface area contributed by atoms with Crippen molar-refractivity contribution >= 4 is 29.9 Å². The lowest BCUT2D eigenvalue weighted by Gasteiger charge is -2.16. The fourth-order valence-corrected chi connectivity index (χ4v) is 2.73. The van der Waals surface area contributed by atoms with E-state index in [-0.39, 0.29) is 24.0 Å². The molecule has 0 radical (unpaired) electrons. The van der Waals surface area contributed by atoms with Crippen molar-refractivity contribution in [2.75, 3.05) is 13.7 Å². The molecule has 0 unspecified atom stereocenters. The van der Waals surface area contributed by atoms with E-state index < -0.39 is 0 Å². The van der Waals surface area contributed by atoms with Gasteiger partial charge in [0.15, 0.2) is 5.96 Å². The Labute approximate surface area is 171 Å². The maximum atomic E-state index is 5.19. The van der Waals surface area contributed by atoms with Gasteiger partial charge < -0.3 is 15.4 Å². The summed E-state index contributed by atoms with van der Waals surface area (Å²) in [5.41, 5.74) is 1.93. The SMILES string of the molecule is CCNC(=NCc1ccn(-c2ccc(OC)cc2)n1)NC1CC=CC1.I. The van der Waals surface area contributed by atoms with E-state index in [0.29, 0.717) is 12.6 Å². The second kappa shape index (κ2) is 10.2. The zero-order valence-corrected chi connectivity index (χ0v) is 17.5. The van der Waals surface area contributed by atoms with Gasteiger partial charge in [-0.05, 0) is 50.1 Å². The number of aliphatic imine (C=N–C) groups is 1. The average molecular weight is 467 g/mol. The number of hydrogen-bond acceptors (Lipinski definition) is 3. The third-order valence-corrected chi connectivity index (χ3v) is 4.07. The maximum Gasteiger partial charge on any atom is 0.191 e. The number of aromatic nitrogens is 2. The van der Waals surface area contributed by atoms with E-state index in [1.807, 2.05) is 41.2 Å². The fourth-order valence-electron chi connectivity index (χ4n) is 2.73. The average Bonchev–Trinajstić information content (AvgIpc) is 3.32. The first kappa shape index (κ1) is 20.3. The van der Waals surface area contributed by atoms with Crippen LogP contribution in [0.5, 0.6) is 5.75 Å². The highest BCUT2D eigenvalue weighted by Gasteiger charge is 2.11. The van der Waals surface area contributed by atoms with Gasteiger partial charge in [0, 0.05) is 18.8 Å². The molecule has 140 valence electrons. The van der Waals surface area contributed by atoms with Crippen LogP contribution in [0.4, 0.5) is 0 Å². The predicted molar refractivity (Wildman–Crippen MR) is 116 cm³/mol. The van der Waals surface area contributed by atoms with Crippen molar-refractivity contribution in [3.8, 4) is 11.4 Å². The number of nitrogens with one attached hydrogen (secondary N) is 2. The van der Waals surface area contributed by atoms with Crippen LogP contribution in [0.1, 0.15) is 25.5 Å². The molecule has 0 aliphatic heterocycles. The number of nitrogens with zero attached hydrogens (tertiary/aromatic N) is 3. The smallest absolute Gasteiger partial charge is 0.191 e. The van der Waals surface area contributed by atoms with Crippen LogP contribution >= 0.6 is 24.0 Å². The van der Waals surface area contributed by atoms with Crippen LogP contribution < -0.4 is 15.4 Å². The van der Waals surface area contributed by atoms with Crippen LogP contribution in [-0.4, -0.2) is 35.4 Å². The van der Waals surface area contributed by atoms with Crippen molar-refractivity contribution in [1.82, 2.24) is 20.4 Å². The van der Waals surface area contributed by atoms with Gasteiger partial charge in [0.2, 0.25) is 0 Å². The first-order valence-electron chi connectivity index (χ1n) is 8.67. The molecule has 1 heterocycles. The Kier molecular flexibility index (Phi) is 7.96. The summed E-state index contributed by atoms with van der Waals surface area (Å²) in [5.74, 6) is 1.68. The lowest BCUT2D eigenvalue weighted by Crippen LogP contribution is -2.42. The van der Waals surface area contributed by atoms with Crippen LogP contribution in [0.15, 0.2) is 53.7 Å². The highest BCUT2D eigenvalue weighted by atomic mass is 127. The van der Waals surface area contributed by atoms with Gasteiger partial charge in [-0.1, -0.05) is 12.2 Å². The molecule has 0 amide bonds. The number of hydrogen-bond donors (Lipinski definition) is 2. The Morgan fingerprint density at radius 3 is 2.62 bits per heavy atom. The zero-order valence-electron chi connectivity index (χ0n) is 15.2. The number of benzene rings is 1. The van der Waals surface area contributed by atoms with Gasteiger partial charge in [0.05, 0.1) is 25.0 Å². The summed E-state index contributed by atoms with van der Waals surface area (Å²) in [6, 6.07) is 10.3. The highest BCUT2D eigenvalue weighted by Crippen LogP contribution is 2.14. The van der Waals surface area contributed by atoms with Crippen molar-refractivity contribution in [2.24, 2.45) is 4.99 Å². The fraction of sp³-hybridized carbons (Fsp3) is 0.368. The van der Waals surface area contributed by atoms with E-state index in [1.165, 1.54) is 0 Å². The molecule has 0 saturated heterocycles. The van der Waals surface area contributed by atoms with E-state index in [0.717, 1.165) is 42.5 Å². The van der Waals surface area contributed by atoms with Crippen LogP contribution in [0.3, 0.4) is 0 Å². The second-order valence-electron chi connectivity index (χ2n) is 5.93. The molecule has 1 aliphatic rings. The van der Waals surface area contributed by atoms with E-state index in [4.69, 9.17) is 4.74 Å². The molecule has 3 rings (SSSR count). The van der Waals surface area contributed by atoms with Gasteiger partial charge in [-0.3, -0.25) is 0 Å². The van der Waals surface area contributed by atoms with Crippen LogP contribution in [0.25, 0.3) is 5.69 Å². The Balaban J connectivity index is 0.00000243. The summed E-state index contributed by atoms with van der Waals surface area (Å²) in [7, 11) is 1.66. The summed E-state index contributed by atoms with van der Waals surface area (Å²) < 4.78 is 7.04. The predicted octanol–water partition coefficient (Wildman–Crippen LogP) is 3.27. The number of halogens is 1. The third-order valence-electron chi connectivity index (χ3n) is 4.07. The summed E-state index contributed by atoms with van der Waals surface area (Å²) in [5, 5.41) is 11.4. The van der Waals surface area contributed by atoms with Gasteiger partial charge in [-0.25, -0.2) is 9.67 Å². The van der Waals surface area contributed by atoms with E-state index in [9.17, 15) is 0 Å².